The first-order valence-electron chi connectivity index (χ1n) is 5.65. The second kappa shape index (κ2) is 3.36. The van der Waals surface area contributed by atoms with E-state index in [1.807, 2.05) is 0 Å². The Bertz CT molecular complexity index is 394. The van der Waals surface area contributed by atoms with Gasteiger partial charge in [0.05, 0.1) is 0 Å². The van der Waals surface area contributed by atoms with Gasteiger partial charge in [-0.3, -0.25) is 4.79 Å². The zero-order valence-electron chi connectivity index (χ0n) is 8.57. The number of nitrogens with zero attached hydrogens (tertiary/aromatic N) is 1. The van der Waals surface area contributed by atoms with E-state index < -0.39 is 0 Å². The van der Waals surface area contributed by atoms with Crippen molar-refractivity contribution in [1.29, 1.82) is 0 Å². The lowest BCUT2D eigenvalue weighted by molar-refractivity contribution is 0.564. The fourth-order valence-corrected chi connectivity index (χ4v) is 2.14. The number of aromatic amines is 1. The molecule has 4 heteroatoms. The molecule has 0 saturated heterocycles. The Balaban J connectivity index is 1.77. The summed E-state index contributed by atoms with van der Waals surface area (Å²) in [7, 11) is 0. The molecule has 1 heterocycles. The highest BCUT2D eigenvalue weighted by atomic mass is 16.1. The molecule has 0 aliphatic heterocycles. The number of hydrogen-bond acceptors (Lipinski definition) is 3. The molecule has 0 aromatic carbocycles. The molecule has 2 fully saturated rings. The second-order valence-corrected chi connectivity index (χ2v) is 4.61. The van der Waals surface area contributed by atoms with E-state index in [9.17, 15) is 4.79 Å². The third-order valence-electron chi connectivity index (χ3n) is 3.27. The summed E-state index contributed by atoms with van der Waals surface area (Å²) in [6, 6.07) is 0.487. The number of aromatic nitrogens is 2. The molecule has 0 unspecified atom stereocenters. The summed E-state index contributed by atoms with van der Waals surface area (Å²) in [6.07, 6.45) is 8.41. The number of anilines is 1. The predicted octanol–water partition coefficient (Wildman–Crippen LogP) is 1.37. The molecule has 3 rings (SSSR count). The molecule has 0 spiro atoms. The van der Waals surface area contributed by atoms with Crippen LogP contribution in [0.4, 0.5) is 5.82 Å². The lowest BCUT2D eigenvalue weighted by atomic mass is 10.1. The van der Waals surface area contributed by atoms with Gasteiger partial charge < -0.3 is 10.3 Å². The maximum Gasteiger partial charge on any atom is 0.290 e. The van der Waals surface area contributed by atoms with Crippen molar-refractivity contribution in [2.75, 3.05) is 5.32 Å². The van der Waals surface area contributed by atoms with E-state index in [0.29, 0.717) is 11.9 Å². The number of nitrogens with one attached hydrogen (secondary N) is 2. The number of hydrogen-bond donors (Lipinski definition) is 2. The first-order valence-corrected chi connectivity index (χ1v) is 5.65. The van der Waals surface area contributed by atoms with Crippen molar-refractivity contribution in [3.63, 3.8) is 0 Å². The zero-order chi connectivity index (χ0) is 10.3. The highest BCUT2D eigenvalue weighted by molar-refractivity contribution is 5.33. The van der Waals surface area contributed by atoms with E-state index in [4.69, 9.17) is 0 Å². The second-order valence-electron chi connectivity index (χ2n) is 4.61. The van der Waals surface area contributed by atoms with Gasteiger partial charge in [-0.15, -0.1) is 0 Å². The van der Waals surface area contributed by atoms with Gasteiger partial charge in [-0.1, -0.05) is 0 Å². The van der Waals surface area contributed by atoms with Crippen LogP contribution in [0.1, 0.15) is 25.7 Å². The molecular formula is C11H15N3O. The standard InChI is InChI=1S/C11H15N3O/c15-11-10(12-5-6-13-11)14-9(7-1-2-7)8-3-4-8/h5-9H,1-4H2,(H,12,14)(H,13,15). The SMILES string of the molecule is O=c1[nH]ccnc1NC(C1CC1)C1CC1. The van der Waals surface area contributed by atoms with Crippen LogP contribution in [0, 0.1) is 11.8 Å². The molecule has 80 valence electrons. The monoisotopic (exact) mass is 205 g/mol. The Kier molecular flexibility index (Phi) is 2.01. The molecule has 0 amide bonds. The van der Waals surface area contributed by atoms with Crippen molar-refractivity contribution in [1.82, 2.24) is 9.97 Å². The van der Waals surface area contributed by atoms with Crippen molar-refractivity contribution in [2.24, 2.45) is 11.8 Å². The van der Waals surface area contributed by atoms with Crippen LogP contribution in [0.5, 0.6) is 0 Å². The third kappa shape index (κ3) is 1.89. The normalized spacial score (nSPS) is 20.6. The van der Waals surface area contributed by atoms with Crippen LogP contribution < -0.4 is 10.9 Å². The Morgan fingerprint density at radius 1 is 1.33 bits per heavy atom. The molecule has 0 radical (unpaired) electrons. The summed E-state index contributed by atoms with van der Waals surface area (Å²) >= 11 is 0. The van der Waals surface area contributed by atoms with Gasteiger partial charge in [-0.2, -0.15) is 0 Å². The average Bonchev–Trinajstić information content (AvgIpc) is 3.10. The van der Waals surface area contributed by atoms with Gasteiger partial charge in [-0.05, 0) is 37.5 Å². The molecule has 0 atom stereocenters. The lowest BCUT2D eigenvalue weighted by Crippen LogP contribution is -2.28. The third-order valence-corrected chi connectivity index (χ3v) is 3.27. The number of H-pyrrole nitrogens is 1. The van der Waals surface area contributed by atoms with Gasteiger partial charge in [0.1, 0.15) is 0 Å². The fraction of sp³-hybridized carbons (Fsp3) is 0.636. The summed E-state index contributed by atoms with van der Waals surface area (Å²) in [5.41, 5.74) is -0.108. The van der Waals surface area contributed by atoms with Crippen LogP contribution in [-0.4, -0.2) is 16.0 Å². The highest BCUT2D eigenvalue weighted by Gasteiger charge is 2.41. The van der Waals surface area contributed by atoms with Crippen molar-refractivity contribution < 1.29 is 0 Å². The van der Waals surface area contributed by atoms with E-state index in [1.54, 1.807) is 12.4 Å². The molecule has 2 aliphatic rings. The molecule has 2 N–H and O–H groups in total. The minimum atomic E-state index is -0.108. The summed E-state index contributed by atoms with van der Waals surface area (Å²) in [4.78, 5) is 18.2. The fourth-order valence-electron chi connectivity index (χ4n) is 2.14. The highest BCUT2D eigenvalue weighted by Crippen LogP contribution is 2.45. The van der Waals surface area contributed by atoms with Crippen LogP contribution in [0.25, 0.3) is 0 Å². The summed E-state index contributed by atoms with van der Waals surface area (Å²) < 4.78 is 0. The quantitative estimate of drug-likeness (QED) is 0.780. The minimum Gasteiger partial charge on any atom is -0.362 e. The van der Waals surface area contributed by atoms with Gasteiger partial charge in [0, 0.05) is 18.4 Å². The topological polar surface area (TPSA) is 57.8 Å². The molecule has 4 nitrogen and oxygen atoms in total. The van der Waals surface area contributed by atoms with Gasteiger partial charge in [-0.25, -0.2) is 4.98 Å². The van der Waals surface area contributed by atoms with E-state index in [0.717, 1.165) is 11.8 Å². The van der Waals surface area contributed by atoms with Gasteiger partial charge >= 0.3 is 0 Å². The smallest absolute Gasteiger partial charge is 0.290 e. The van der Waals surface area contributed by atoms with Crippen molar-refractivity contribution >= 4 is 5.82 Å². The number of rotatable bonds is 4. The first-order chi connectivity index (χ1) is 7.34. The molecule has 0 bridgehead atoms. The maximum absolute atomic E-state index is 11.5. The zero-order valence-corrected chi connectivity index (χ0v) is 8.57. The Labute approximate surface area is 88.1 Å². The summed E-state index contributed by atoms with van der Waals surface area (Å²) in [5, 5.41) is 3.32. The van der Waals surface area contributed by atoms with Crippen LogP contribution in [0.3, 0.4) is 0 Å². The molecular weight excluding hydrogens is 190 g/mol. The van der Waals surface area contributed by atoms with Crippen LogP contribution in [-0.2, 0) is 0 Å². The van der Waals surface area contributed by atoms with Crippen LogP contribution in [0.2, 0.25) is 0 Å². The van der Waals surface area contributed by atoms with E-state index in [1.165, 1.54) is 25.7 Å². The van der Waals surface area contributed by atoms with Crippen LogP contribution >= 0.6 is 0 Å². The van der Waals surface area contributed by atoms with Gasteiger partial charge in [0.15, 0.2) is 5.82 Å². The van der Waals surface area contributed by atoms with Gasteiger partial charge in [0.2, 0.25) is 0 Å². The Hall–Kier alpha value is -1.32. The Morgan fingerprint density at radius 2 is 2.00 bits per heavy atom. The Morgan fingerprint density at radius 3 is 2.53 bits per heavy atom. The van der Waals surface area contributed by atoms with E-state index in [2.05, 4.69) is 15.3 Å². The molecule has 1 aromatic heterocycles. The summed E-state index contributed by atoms with van der Waals surface area (Å²) in [5.74, 6) is 2.04. The lowest BCUT2D eigenvalue weighted by Gasteiger charge is -2.17. The largest absolute Gasteiger partial charge is 0.362 e. The predicted molar refractivity (Wildman–Crippen MR) is 57.7 cm³/mol. The molecule has 1 aromatic rings. The minimum absolute atomic E-state index is 0.108. The first kappa shape index (κ1) is 8.95. The van der Waals surface area contributed by atoms with E-state index >= 15 is 0 Å². The molecule has 2 aliphatic carbocycles. The van der Waals surface area contributed by atoms with E-state index in [-0.39, 0.29) is 5.56 Å². The van der Waals surface area contributed by atoms with Crippen molar-refractivity contribution in [3.05, 3.63) is 22.7 Å². The van der Waals surface area contributed by atoms with Crippen molar-refractivity contribution in [3.8, 4) is 0 Å². The summed E-state index contributed by atoms with van der Waals surface area (Å²) in [6.45, 7) is 0. The molecule has 15 heavy (non-hydrogen) atoms. The van der Waals surface area contributed by atoms with Gasteiger partial charge in [0.25, 0.3) is 5.56 Å². The maximum atomic E-state index is 11.5. The molecule has 2 saturated carbocycles. The van der Waals surface area contributed by atoms with Crippen molar-refractivity contribution in [2.45, 2.75) is 31.7 Å². The van der Waals surface area contributed by atoms with Crippen LogP contribution in [0.15, 0.2) is 17.2 Å². The average molecular weight is 205 g/mol.